The lowest BCUT2D eigenvalue weighted by molar-refractivity contribution is 0.0888. The summed E-state index contributed by atoms with van der Waals surface area (Å²) in [5.41, 5.74) is 33.8. The van der Waals surface area contributed by atoms with Gasteiger partial charge in [0.05, 0.1) is 53.5 Å². The standard InChI is InChI=1S/C19H19Br4N7O2.2C19H21Br2N7O2.C19H21N5O4/c20-9-3-13(27-15(9)22)17(31)25-5-7-1-11-12(30-19(24)29-11)2-8(7)6-26-18(32)14-4-10(21)16(23)28-14;2*20-11-3-15(23-7-11)17(29)25-5-9-1-13-14(28-19(22)27-13)2-10(9)6-26-18(30)16-4-12(21)8-24-16;20-19-23-13-7-11(9-21-17(25)15-3-1-5-27-15)12(8-14(13)24-19)10-22-18(26)16-4-2-6-28-16/h3-4,7-8,27-28H,1-2,5-6H2,(H,25,31)(H,26,32)(H3,24,29,30);2*3-4,7-10,23-24H,1-2,5-6H2,(H,25,29)(H,26,30)(H3,22,27,28);1-6,11-12H,7-10H2,(H,21,25)(H,22,26)(H3,20,23,24). The van der Waals surface area contributed by atoms with E-state index in [1.807, 2.05) is 0 Å². The molecule has 12 aromatic rings. The van der Waals surface area contributed by atoms with Gasteiger partial charge in [-0.1, -0.05) is 0 Å². The predicted molar refractivity (Wildman–Crippen MR) is 472 cm³/mol. The third-order valence-electron chi connectivity index (χ3n) is 21.1. The minimum atomic E-state index is -0.268. The smallest absolute Gasteiger partial charge is 0.286 e. The number of fused-ring (bicyclic) bond motifs is 4. The fourth-order valence-electron chi connectivity index (χ4n) is 14.9. The zero-order valence-corrected chi connectivity index (χ0v) is 76.1. The molecule has 0 aliphatic heterocycles. The number of halogens is 8. The van der Waals surface area contributed by atoms with Crippen molar-refractivity contribution in [1.82, 2.24) is 112 Å². The van der Waals surface area contributed by atoms with Crippen molar-refractivity contribution in [3.05, 3.63) is 225 Å². The van der Waals surface area contributed by atoms with Crippen molar-refractivity contribution in [3.63, 3.8) is 0 Å². The maximum atomic E-state index is 12.6. The molecule has 44 heteroatoms. The molecule has 8 unspecified atom stereocenters. The summed E-state index contributed by atoms with van der Waals surface area (Å²) in [6.07, 6.45) is 15.2. The lowest BCUT2D eigenvalue weighted by atomic mass is 9.79. The van der Waals surface area contributed by atoms with Crippen molar-refractivity contribution in [2.45, 2.75) is 51.4 Å². The number of carbonyl (C=O) groups is 8. The number of aromatic nitrogens is 14. The molecular formula is C76H82Br8N26O10. The normalized spacial score (nSPS) is 18.1. The monoisotopic (exact) mass is 2150 g/mol. The van der Waals surface area contributed by atoms with Crippen LogP contribution in [0.25, 0.3) is 0 Å². The molecule has 0 saturated carbocycles. The van der Waals surface area contributed by atoms with Gasteiger partial charge in [-0.3, -0.25) is 38.4 Å². The Kier molecular flexibility index (Phi) is 29.3. The van der Waals surface area contributed by atoms with Crippen LogP contribution in [0.2, 0.25) is 0 Å². The molecule has 0 spiro atoms. The van der Waals surface area contributed by atoms with Crippen LogP contribution < -0.4 is 65.5 Å². The van der Waals surface area contributed by atoms with Crippen molar-refractivity contribution >= 4 is 198 Å². The van der Waals surface area contributed by atoms with Crippen LogP contribution in [0.5, 0.6) is 0 Å². The molecule has 8 atom stereocenters. The van der Waals surface area contributed by atoms with E-state index in [4.69, 9.17) is 31.8 Å². The fraction of sp³-hybridized carbons (Fsp3) is 0.316. The van der Waals surface area contributed by atoms with Crippen molar-refractivity contribution in [2.24, 2.45) is 47.3 Å². The van der Waals surface area contributed by atoms with Crippen LogP contribution in [-0.4, -0.2) is 169 Å². The van der Waals surface area contributed by atoms with Gasteiger partial charge >= 0.3 is 0 Å². The molecule has 12 aromatic heterocycles. The molecule has 8 amide bonds. The van der Waals surface area contributed by atoms with Crippen LogP contribution >= 0.6 is 127 Å². The Bertz CT molecular complexity index is 5070. The number of rotatable bonds is 24. The Morgan fingerprint density at radius 2 is 0.542 bits per heavy atom. The molecule has 36 nitrogen and oxygen atoms in total. The molecule has 26 N–H and O–H groups in total. The fourth-order valence-corrected chi connectivity index (χ4v) is 17.6. The average Bonchev–Trinajstić information content (AvgIpc) is 1.57. The largest absolute Gasteiger partial charge is 0.459 e. The first kappa shape index (κ1) is 87.7. The summed E-state index contributed by atoms with van der Waals surface area (Å²) < 4.78 is 16.5. The van der Waals surface area contributed by atoms with Gasteiger partial charge in [-0.2, -0.15) is 0 Å². The second-order valence-corrected chi connectivity index (χ2v) is 36.1. The van der Waals surface area contributed by atoms with Gasteiger partial charge < -0.3 is 124 Å². The molecule has 4 aliphatic carbocycles. The predicted octanol–water partition coefficient (Wildman–Crippen LogP) is 9.99. The highest BCUT2D eigenvalue weighted by Gasteiger charge is 2.37. The van der Waals surface area contributed by atoms with E-state index in [2.05, 4.69) is 240 Å². The molecule has 16 rings (SSSR count). The number of imidazole rings is 4. The number of nitrogens with zero attached hydrogens (tertiary/aromatic N) is 4. The van der Waals surface area contributed by atoms with E-state index in [-0.39, 0.29) is 106 Å². The Morgan fingerprint density at radius 3 is 0.742 bits per heavy atom. The van der Waals surface area contributed by atoms with Gasteiger partial charge in [0, 0.05) is 118 Å². The molecule has 0 aromatic carbocycles. The molecule has 0 saturated heterocycles. The molecule has 0 bridgehead atoms. The van der Waals surface area contributed by atoms with E-state index in [1.165, 1.54) is 12.5 Å². The zero-order valence-electron chi connectivity index (χ0n) is 63.4. The van der Waals surface area contributed by atoms with E-state index in [0.29, 0.717) is 171 Å². The number of carbonyl (C=O) groups excluding carboxylic acids is 8. The van der Waals surface area contributed by atoms with Crippen molar-refractivity contribution < 1.29 is 47.2 Å². The first-order chi connectivity index (χ1) is 57.6. The highest BCUT2D eigenvalue weighted by Crippen LogP contribution is 2.35. The minimum absolute atomic E-state index is 0.0819. The van der Waals surface area contributed by atoms with Gasteiger partial charge in [-0.25, -0.2) is 19.9 Å². The summed E-state index contributed by atoms with van der Waals surface area (Å²) >= 11 is 26.8. The van der Waals surface area contributed by atoms with E-state index in [1.54, 1.807) is 85.5 Å². The number of anilines is 4. The molecule has 632 valence electrons. The summed E-state index contributed by atoms with van der Waals surface area (Å²) in [6, 6.07) is 16.9. The summed E-state index contributed by atoms with van der Waals surface area (Å²) in [7, 11) is 0. The Hall–Kier alpha value is -10.1. The third kappa shape index (κ3) is 22.9. The summed E-state index contributed by atoms with van der Waals surface area (Å²) in [5, 5.41) is 23.8. The average molecular weight is 2160 g/mol. The zero-order chi connectivity index (χ0) is 85.0. The van der Waals surface area contributed by atoms with E-state index >= 15 is 0 Å². The number of amides is 8. The molecular weight excluding hydrogens is 2080 g/mol. The molecule has 0 radical (unpaired) electrons. The molecule has 0 fully saturated rings. The Labute approximate surface area is 750 Å². The quantitative estimate of drug-likeness (QED) is 0.0267. The van der Waals surface area contributed by atoms with Gasteiger partial charge in [0.25, 0.3) is 47.3 Å². The summed E-state index contributed by atoms with van der Waals surface area (Å²) in [6.45, 7) is 3.66. The van der Waals surface area contributed by atoms with Crippen LogP contribution in [0, 0.1) is 47.3 Å². The minimum Gasteiger partial charge on any atom is -0.459 e. The second-order valence-electron chi connectivity index (χ2n) is 29.2. The van der Waals surface area contributed by atoms with Gasteiger partial charge in [-0.05, 0) is 287 Å². The number of hydrogen-bond donors (Lipinski definition) is 22. The number of nitrogen functional groups attached to an aromatic ring is 4. The van der Waals surface area contributed by atoms with Crippen molar-refractivity contribution in [1.29, 1.82) is 0 Å². The maximum absolute atomic E-state index is 12.6. The number of hydrogen-bond acceptors (Lipinski definition) is 18. The number of nitrogens with one attached hydrogen (secondary N) is 18. The van der Waals surface area contributed by atoms with Gasteiger partial charge in [0.2, 0.25) is 0 Å². The first-order valence-electron chi connectivity index (χ1n) is 37.7. The number of aromatic amines is 10. The highest BCUT2D eigenvalue weighted by atomic mass is 79.9. The summed E-state index contributed by atoms with van der Waals surface area (Å²) in [4.78, 5) is 147. The molecule has 4 aliphatic rings. The topological polar surface area (TPSA) is 573 Å². The second kappa shape index (κ2) is 40.0. The molecule has 120 heavy (non-hydrogen) atoms. The first-order valence-corrected chi connectivity index (χ1v) is 44.0. The van der Waals surface area contributed by atoms with E-state index < -0.39 is 0 Å². The summed E-state index contributed by atoms with van der Waals surface area (Å²) in [5.74, 6) is 1.27. The lowest BCUT2D eigenvalue weighted by Gasteiger charge is -2.31. The maximum Gasteiger partial charge on any atom is 0.286 e. The van der Waals surface area contributed by atoms with Crippen molar-refractivity contribution in [2.75, 3.05) is 75.3 Å². The van der Waals surface area contributed by atoms with Crippen molar-refractivity contribution in [3.8, 4) is 0 Å². The van der Waals surface area contributed by atoms with Gasteiger partial charge in [0.15, 0.2) is 35.3 Å². The number of furan rings is 2. The van der Waals surface area contributed by atoms with E-state index in [0.717, 1.165) is 72.4 Å². The van der Waals surface area contributed by atoms with Crippen LogP contribution in [0.3, 0.4) is 0 Å². The lowest BCUT2D eigenvalue weighted by Crippen LogP contribution is -2.42. The number of nitrogens with two attached hydrogens (primary N) is 4. The van der Waals surface area contributed by atoms with Crippen LogP contribution in [-0.2, 0) is 51.4 Å². The van der Waals surface area contributed by atoms with E-state index in [9.17, 15) is 38.4 Å². The molecule has 12 heterocycles. The Morgan fingerprint density at radius 1 is 0.317 bits per heavy atom. The van der Waals surface area contributed by atoms with Crippen LogP contribution in [0.15, 0.2) is 143 Å². The third-order valence-corrected chi connectivity index (χ3v) is 26.5. The highest BCUT2D eigenvalue weighted by molar-refractivity contribution is 9.13. The van der Waals surface area contributed by atoms with Crippen LogP contribution in [0.4, 0.5) is 23.8 Å². The van der Waals surface area contributed by atoms with Gasteiger partial charge in [-0.15, -0.1) is 0 Å². The van der Waals surface area contributed by atoms with Crippen LogP contribution in [0.1, 0.15) is 130 Å². The number of H-pyrrole nitrogens is 10. The SMILES string of the molecule is Nc1nc2c([nH]1)CC(CNC(=O)c1cc(Br)c(Br)[nH]1)C(CNC(=O)c1cc(Br)c(Br)[nH]1)C2.Nc1nc2c([nH]1)CC(CNC(=O)c1cc(Br)c[nH]1)C(CNC(=O)c1cc(Br)c[nH]1)C2.Nc1nc2c([nH]1)CC(CNC(=O)c1cc(Br)c[nH]1)C(CNC(=O)c1cc(Br)c[nH]1)C2.Nc1nc2c([nH]1)CC(CNC(=O)c1ccco1)C(CNC(=O)c1ccco1)C2. The van der Waals surface area contributed by atoms with Gasteiger partial charge in [0.1, 0.15) is 34.2 Å². The Balaban J connectivity index is 0.000000138.